The van der Waals surface area contributed by atoms with E-state index in [0.29, 0.717) is 5.56 Å². The molecule has 2 aliphatic heterocycles. The van der Waals surface area contributed by atoms with Crippen molar-refractivity contribution >= 4 is 11.0 Å². The molecule has 5 rings (SSSR count). The zero-order valence-corrected chi connectivity index (χ0v) is 20.3. The largest absolute Gasteiger partial charge is 0.508 e. The van der Waals surface area contributed by atoms with Crippen LogP contribution >= 0.6 is 0 Å². The molecule has 13 nitrogen and oxygen atoms in total. The van der Waals surface area contributed by atoms with Crippen LogP contribution in [0.1, 0.15) is 11.7 Å². The summed E-state index contributed by atoms with van der Waals surface area (Å²) in [4.78, 5) is 13.5. The van der Waals surface area contributed by atoms with Gasteiger partial charge in [0.2, 0.25) is 11.7 Å². The summed E-state index contributed by atoms with van der Waals surface area (Å²) >= 11 is 0. The van der Waals surface area contributed by atoms with Crippen LogP contribution in [-0.4, -0.2) is 103 Å². The minimum atomic E-state index is -1.78. The Morgan fingerprint density at radius 2 is 1.59 bits per heavy atom. The number of hydrogen-bond acceptors (Lipinski definition) is 13. The standard InChI is InChI=1S/C26H28O13/c27-7-16-20(32)21(33)22(34)25(38-16)17-15(39-26-23(35)19(31)14(29)9-37-26)6-5-12-18(30)13(8-36-24(12)17)10-1-3-11(28)4-2-10/h1-6,8,14,16,19-23,25-29,31-35H,7,9H2/t14-,16-,19+,20-,21+,22-,23-,25+,26-/m1/s1. The van der Waals surface area contributed by atoms with E-state index in [-0.39, 0.29) is 40.2 Å². The Labute approximate surface area is 220 Å². The molecule has 0 unspecified atom stereocenters. The van der Waals surface area contributed by atoms with Crippen LogP contribution in [0.4, 0.5) is 0 Å². The fourth-order valence-corrected chi connectivity index (χ4v) is 4.76. The summed E-state index contributed by atoms with van der Waals surface area (Å²) in [6, 6.07) is 8.50. The Morgan fingerprint density at radius 1 is 0.872 bits per heavy atom. The SMILES string of the molecule is O=c1c(-c2ccc(O)cc2)coc2c([C@@H]3O[C@H](CO)[C@@H](O)[C@H](O)[C@H]3O)c(O[C@H]3OC[C@@H](O)[C@H](O)[C@H]3O)ccc12. The summed E-state index contributed by atoms with van der Waals surface area (Å²) in [5, 5.41) is 81.0. The van der Waals surface area contributed by atoms with E-state index in [2.05, 4.69) is 0 Å². The number of aliphatic hydroxyl groups is 7. The topological polar surface area (TPSA) is 220 Å². The Morgan fingerprint density at radius 3 is 2.28 bits per heavy atom. The Bertz CT molecular complexity index is 1370. The van der Waals surface area contributed by atoms with Gasteiger partial charge in [-0.2, -0.15) is 0 Å². The molecule has 0 saturated carbocycles. The number of rotatable bonds is 5. The molecule has 0 radical (unpaired) electrons. The normalized spacial score (nSPS) is 33.3. The van der Waals surface area contributed by atoms with E-state index in [1.54, 1.807) is 0 Å². The highest BCUT2D eigenvalue weighted by molar-refractivity contribution is 5.86. The zero-order valence-electron chi connectivity index (χ0n) is 20.3. The number of ether oxygens (including phenoxy) is 3. The van der Waals surface area contributed by atoms with Crippen LogP contribution in [-0.2, 0) is 9.47 Å². The van der Waals surface area contributed by atoms with E-state index in [4.69, 9.17) is 18.6 Å². The first-order chi connectivity index (χ1) is 18.6. The fraction of sp³-hybridized carbons (Fsp3) is 0.423. The lowest BCUT2D eigenvalue weighted by Crippen LogP contribution is -2.56. The smallest absolute Gasteiger partial charge is 0.228 e. The first kappa shape index (κ1) is 27.5. The highest BCUT2D eigenvalue weighted by Crippen LogP contribution is 2.42. The third-order valence-corrected chi connectivity index (χ3v) is 6.99. The van der Waals surface area contributed by atoms with Crippen molar-refractivity contribution in [3.63, 3.8) is 0 Å². The van der Waals surface area contributed by atoms with Gasteiger partial charge in [-0.3, -0.25) is 4.79 Å². The molecule has 0 aliphatic carbocycles. The quantitative estimate of drug-likeness (QED) is 0.182. The summed E-state index contributed by atoms with van der Waals surface area (Å²) in [6.45, 7) is -1.08. The van der Waals surface area contributed by atoms with Gasteiger partial charge in [-0.1, -0.05) is 12.1 Å². The van der Waals surface area contributed by atoms with Crippen molar-refractivity contribution < 1.29 is 59.5 Å². The number of hydrogen-bond donors (Lipinski definition) is 8. The molecule has 2 aliphatic rings. The van der Waals surface area contributed by atoms with Gasteiger partial charge in [0, 0.05) is 0 Å². The molecule has 3 aromatic rings. The first-order valence-corrected chi connectivity index (χ1v) is 12.1. The van der Waals surface area contributed by atoms with Gasteiger partial charge in [-0.15, -0.1) is 0 Å². The van der Waals surface area contributed by atoms with Crippen molar-refractivity contribution in [1.82, 2.24) is 0 Å². The molecule has 1 aromatic heterocycles. The number of aliphatic hydroxyl groups excluding tert-OH is 7. The molecule has 2 saturated heterocycles. The summed E-state index contributed by atoms with van der Waals surface area (Å²) in [7, 11) is 0. The maximum Gasteiger partial charge on any atom is 0.228 e. The number of phenols is 1. The van der Waals surface area contributed by atoms with Crippen LogP contribution in [0, 0.1) is 0 Å². The lowest BCUT2D eigenvalue weighted by molar-refractivity contribution is -0.244. The monoisotopic (exact) mass is 548 g/mol. The van der Waals surface area contributed by atoms with Crippen LogP contribution in [0.15, 0.2) is 51.9 Å². The van der Waals surface area contributed by atoms with Gasteiger partial charge in [-0.05, 0) is 29.8 Å². The second kappa shape index (κ2) is 10.8. The molecule has 9 atom stereocenters. The second-order valence-electron chi connectivity index (χ2n) is 9.50. The van der Waals surface area contributed by atoms with Gasteiger partial charge in [-0.25, -0.2) is 0 Å². The summed E-state index contributed by atoms with van der Waals surface area (Å²) in [5.41, 5.74) is -0.124. The van der Waals surface area contributed by atoms with Crippen LogP contribution in [0.2, 0.25) is 0 Å². The molecular formula is C26H28O13. The Hall–Kier alpha value is -3.11. The van der Waals surface area contributed by atoms with E-state index in [1.165, 1.54) is 36.4 Å². The van der Waals surface area contributed by atoms with Gasteiger partial charge < -0.3 is 59.5 Å². The van der Waals surface area contributed by atoms with Gasteiger partial charge in [0.05, 0.1) is 29.7 Å². The van der Waals surface area contributed by atoms with E-state index in [1.807, 2.05) is 0 Å². The first-order valence-electron chi connectivity index (χ1n) is 12.1. The van der Waals surface area contributed by atoms with Gasteiger partial charge in [0.25, 0.3) is 0 Å². The maximum atomic E-state index is 13.5. The molecule has 13 heteroatoms. The summed E-state index contributed by atoms with van der Waals surface area (Å²) < 4.78 is 22.7. The molecule has 2 fully saturated rings. The maximum absolute atomic E-state index is 13.5. The lowest BCUT2D eigenvalue weighted by Gasteiger charge is -2.41. The van der Waals surface area contributed by atoms with E-state index < -0.39 is 67.2 Å². The minimum Gasteiger partial charge on any atom is -0.508 e. The Balaban J connectivity index is 1.65. The van der Waals surface area contributed by atoms with Crippen molar-refractivity contribution in [3.05, 3.63) is 58.4 Å². The van der Waals surface area contributed by atoms with Gasteiger partial charge in [0.15, 0.2) is 0 Å². The average Bonchev–Trinajstić information content (AvgIpc) is 2.93. The molecule has 0 spiro atoms. The molecule has 0 amide bonds. The number of phenolic OH excluding ortho intramolecular Hbond substituents is 1. The third kappa shape index (κ3) is 4.89. The molecule has 210 valence electrons. The predicted octanol–water partition coefficient (Wildman–Crippen LogP) is -1.50. The van der Waals surface area contributed by atoms with Crippen LogP contribution in [0.25, 0.3) is 22.1 Å². The Kier molecular flexibility index (Phi) is 7.61. The van der Waals surface area contributed by atoms with E-state index in [0.717, 1.165) is 6.26 Å². The van der Waals surface area contributed by atoms with E-state index in [9.17, 15) is 45.6 Å². The molecule has 3 heterocycles. The van der Waals surface area contributed by atoms with Crippen molar-refractivity contribution in [2.75, 3.05) is 13.2 Å². The molecule has 39 heavy (non-hydrogen) atoms. The summed E-state index contributed by atoms with van der Waals surface area (Å²) in [6.07, 6.45) is -13.0. The highest BCUT2D eigenvalue weighted by Gasteiger charge is 2.47. The van der Waals surface area contributed by atoms with Gasteiger partial charge in [0.1, 0.15) is 72.2 Å². The number of aromatic hydroxyl groups is 1. The lowest BCUT2D eigenvalue weighted by atomic mass is 9.89. The van der Waals surface area contributed by atoms with Gasteiger partial charge >= 0.3 is 0 Å². The van der Waals surface area contributed by atoms with Crippen molar-refractivity contribution in [3.8, 4) is 22.6 Å². The number of benzene rings is 2. The second-order valence-corrected chi connectivity index (χ2v) is 9.50. The summed E-state index contributed by atoms with van der Waals surface area (Å²) in [5.74, 6) is -0.139. The fourth-order valence-electron chi connectivity index (χ4n) is 4.76. The van der Waals surface area contributed by atoms with Crippen LogP contribution in [0.5, 0.6) is 11.5 Å². The molecule has 0 bridgehead atoms. The average molecular weight is 548 g/mol. The molecule has 8 N–H and O–H groups in total. The van der Waals surface area contributed by atoms with Crippen molar-refractivity contribution in [1.29, 1.82) is 0 Å². The zero-order chi connectivity index (χ0) is 28.0. The van der Waals surface area contributed by atoms with Crippen molar-refractivity contribution in [2.24, 2.45) is 0 Å². The van der Waals surface area contributed by atoms with E-state index >= 15 is 0 Å². The van der Waals surface area contributed by atoms with Crippen LogP contribution in [0.3, 0.4) is 0 Å². The predicted molar refractivity (Wildman–Crippen MR) is 131 cm³/mol. The molecular weight excluding hydrogens is 520 g/mol. The van der Waals surface area contributed by atoms with Crippen LogP contribution < -0.4 is 10.2 Å². The van der Waals surface area contributed by atoms with Crippen molar-refractivity contribution in [2.45, 2.75) is 55.1 Å². The number of fused-ring (bicyclic) bond motifs is 1. The molecule has 2 aromatic carbocycles. The third-order valence-electron chi connectivity index (χ3n) is 6.99. The highest BCUT2D eigenvalue weighted by atomic mass is 16.7. The minimum absolute atomic E-state index is 0.000350.